The molecule has 0 saturated carbocycles. The molecule has 0 aliphatic heterocycles. The smallest absolute Gasteiger partial charge is 0.303 e. The molecule has 0 spiro atoms. The minimum atomic E-state index is -0.852. The summed E-state index contributed by atoms with van der Waals surface area (Å²) in [4.78, 5) is 26.6. The summed E-state index contributed by atoms with van der Waals surface area (Å²) in [7, 11) is 0. The maximum absolute atomic E-state index is 11.9. The van der Waals surface area contributed by atoms with Crippen LogP contribution in [0.15, 0.2) is 18.3 Å². The molecular weight excluding hydrogens is 280 g/mol. The summed E-state index contributed by atoms with van der Waals surface area (Å²) in [5, 5.41) is 12.1. The van der Waals surface area contributed by atoms with E-state index < -0.39 is 5.97 Å². The Morgan fingerprint density at radius 3 is 2.60 bits per heavy atom. The topological polar surface area (TPSA) is 79.3 Å². The van der Waals surface area contributed by atoms with Crippen LogP contribution in [-0.4, -0.2) is 28.5 Å². The number of nitrogens with zero attached hydrogens (tertiary/aromatic N) is 1. The lowest BCUT2D eigenvalue weighted by molar-refractivity contribution is -0.138. The maximum Gasteiger partial charge on any atom is 0.303 e. The molecule has 0 unspecified atom stereocenters. The molecule has 1 amide bonds. The molecule has 0 fully saturated rings. The molecule has 2 N–H and O–H groups in total. The van der Waals surface area contributed by atoms with Crippen molar-refractivity contribution in [3.05, 3.63) is 29.0 Å². The van der Waals surface area contributed by atoms with Crippen molar-refractivity contribution in [2.24, 2.45) is 11.8 Å². The van der Waals surface area contributed by atoms with E-state index in [1.165, 1.54) is 12.3 Å². The summed E-state index contributed by atoms with van der Waals surface area (Å²) in [6.07, 6.45) is 2.20. The summed E-state index contributed by atoms with van der Waals surface area (Å²) >= 11 is 5.70. The summed E-state index contributed by atoms with van der Waals surface area (Å²) in [6.45, 7) is 4.38. The van der Waals surface area contributed by atoms with Crippen LogP contribution in [0.3, 0.4) is 0 Å². The van der Waals surface area contributed by atoms with E-state index >= 15 is 0 Å². The van der Waals surface area contributed by atoms with Crippen LogP contribution in [0.1, 0.15) is 37.2 Å². The fourth-order valence-corrected chi connectivity index (χ4v) is 2.10. The minimum absolute atomic E-state index is 0.0481. The average molecular weight is 299 g/mol. The van der Waals surface area contributed by atoms with Gasteiger partial charge in [0.25, 0.3) is 5.91 Å². The Labute approximate surface area is 123 Å². The molecule has 0 aliphatic rings. The first-order valence-electron chi connectivity index (χ1n) is 6.50. The third-order valence-corrected chi connectivity index (χ3v) is 3.00. The van der Waals surface area contributed by atoms with Crippen LogP contribution >= 0.6 is 11.6 Å². The molecule has 20 heavy (non-hydrogen) atoms. The highest BCUT2D eigenvalue weighted by Crippen LogP contribution is 2.15. The van der Waals surface area contributed by atoms with Crippen LogP contribution in [-0.2, 0) is 4.79 Å². The van der Waals surface area contributed by atoms with Crippen LogP contribution < -0.4 is 5.32 Å². The van der Waals surface area contributed by atoms with Crippen molar-refractivity contribution in [2.75, 3.05) is 6.54 Å². The van der Waals surface area contributed by atoms with Gasteiger partial charge < -0.3 is 10.4 Å². The van der Waals surface area contributed by atoms with Crippen LogP contribution in [0.2, 0.25) is 5.02 Å². The van der Waals surface area contributed by atoms with E-state index in [9.17, 15) is 9.59 Å². The molecule has 0 saturated heterocycles. The van der Waals surface area contributed by atoms with E-state index in [0.717, 1.165) is 6.42 Å². The first-order chi connectivity index (χ1) is 9.38. The number of halogens is 1. The number of amides is 1. The Bertz CT molecular complexity index is 460. The quantitative estimate of drug-likeness (QED) is 0.811. The zero-order chi connectivity index (χ0) is 15.1. The standard InChI is InChI=1S/C14H19ClN2O3/c1-9(2)5-10(6-13(18)19)7-17-14(20)12-4-3-11(15)8-16-12/h3-4,8-10H,5-7H2,1-2H3,(H,17,20)(H,18,19)/t10-/m0/s1. The fraction of sp³-hybridized carbons (Fsp3) is 0.500. The number of aromatic nitrogens is 1. The van der Waals surface area contributed by atoms with Crippen LogP contribution in [0, 0.1) is 11.8 Å². The molecule has 1 heterocycles. The zero-order valence-corrected chi connectivity index (χ0v) is 12.4. The number of aliphatic carboxylic acids is 1. The highest BCUT2D eigenvalue weighted by molar-refractivity contribution is 6.30. The normalized spacial score (nSPS) is 12.2. The average Bonchev–Trinajstić information content (AvgIpc) is 2.35. The number of carbonyl (C=O) groups is 2. The van der Waals surface area contributed by atoms with Gasteiger partial charge in [0.1, 0.15) is 5.69 Å². The Hall–Kier alpha value is -1.62. The molecule has 1 aromatic heterocycles. The number of nitrogens with one attached hydrogen (secondary N) is 1. The van der Waals surface area contributed by atoms with Gasteiger partial charge in [-0.1, -0.05) is 25.4 Å². The van der Waals surface area contributed by atoms with E-state index in [2.05, 4.69) is 10.3 Å². The van der Waals surface area contributed by atoms with E-state index in [0.29, 0.717) is 17.5 Å². The van der Waals surface area contributed by atoms with Crippen LogP contribution in [0.4, 0.5) is 0 Å². The van der Waals surface area contributed by atoms with Crippen molar-refractivity contribution >= 4 is 23.5 Å². The van der Waals surface area contributed by atoms with Crippen molar-refractivity contribution in [2.45, 2.75) is 26.7 Å². The van der Waals surface area contributed by atoms with Gasteiger partial charge in [0.05, 0.1) is 5.02 Å². The summed E-state index contributed by atoms with van der Waals surface area (Å²) in [5.41, 5.74) is 0.271. The number of rotatable bonds is 7. The predicted octanol–water partition coefficient (Wildman–Crippen LogP) is 2.60. The lowest BCUT2D eigenvalue weighted by Crippen LogP contribution is -2.31. The molecule has 1 aromatic rings. The van der Waals surface area contributed by atoms with Crippen molar-refractivity contribution in [3.63, 3.8) is 0 Å². The number of carboxylic acids is 1. The number of hydrogen-bond donors (Lipinski definition) is 2. The Kier molecular flexibility index (Phi) is 6.45. The first-order valence-corrected chi connectivity index (χ1v) is 6.87. The summed E-state index contributed by atoms with van der Waals surface area (Å²) in [6, 6.07) is 3.12. The highest BCUT2D eigenvalue weighted by Gasteiger charge is 2.16. The molecule has 6 heteroatoms. The van der Waals surface area contributed by atoms with Gasteiger partial charge in [0.2, 0.25) is 0 Å². The van der Waals surface area contributed by atoms with E-state index in [4.69, 9.17) is 16.7 Å². The Morgan fingerprint density at radius 2 is 2.10 bits per heavy atom. The van der Waals surface area contributed by atoms with Gasteiger partial charge in [-0.25, -0.2) is 4.98 Å². The molecule has 1 rings (SSSR count). The van der Waals surface area contributed by atoms with Gasteiger partial charge in [-0.05, 0) is 30.4 Å². The molecule has 110 valence electrons. The second-order valence-electron chi connectivity index (χ2n) is 5.17. The van der Waals surface area contributed by atoms with E-state index in [-0.39, 0.29) is 23.9 Å². The largest absolute Gasteiger partial charge is 0.481 e. The molecule has 1 atom stereocenters. The Balaban J connectivity index is 2.55. The third kappa shape index (κ3) is 6.02. The molecule has 0 radical (unpaired) electrons. The van der Waals surface area contributed by atoms with Crippen molar-refractivity contribution < 1.29 is 14.7 Å². The van der Waals surface area contributed by atoms with Gasteiger partial charge in [-0.2, -0.15) is 0 Å². The van der Waals surface area contributed by atoms with Crippen molar-refractivity contribution in [1.29, 1.82) is 0 Å². The minimum Gasteiger partial charge on any atom is -0.481 e. The SMILES string of the molecule is CC(C)C[C@H](CNC(=O)c1ccc(Cl)cn1)CC(=O)O. The lowest BCUT2D eigenvalue weighted by Gasteiger charge is -2.17. The summed E-state index contributed by atoms with van der Waals surface area (Å²) < 4.78 is 0. The molecule has 0 aliphatic carbocycles. The Morgan fingerprint density at radius 1 is 1.40 bits per heavy atom. The van der Waals surface area contributed by atoms with Crippen LogP contribution in [0.25, 0.3) is 0 Å². The molecule has 5 nitrogen and oxygen atoms in total. The summed E-state index contributed by atoms with van der Waals surface area (Å²) in [5.74, 6) is -0.871. The highest BCUT2D eigenvalue weighted by atomic mass is 35.5. The zero-order valence-electron chi connectivity index (χ0n) is 11.6. The fourth-order valence-electron chi connectivity index (χ4n) is 1.99. The molecular formula is C14H19ClN2O3. The lowest BCUT2D eigenvalue weighted by atomic mass is 9.94. The maximum atomic E-state index is 11.9. The van der Waals surface area contributed by atoms with Gasteiger partial charge in [0, 0.05) is 19.2 Å². The van der Waals surface area contributed by atoms with Gasteiger partial charge in [-0.3, -0.25) is 9.59 Å². The van der Waals surface area contributed by atoms with Crippen molar-refractivity contribution in [1.82, 2.24) is 10.3 Å². The number of pyridine rings is 1. The van der Waals surface area contributed by atoms with E-state index in [1.807, 2.05) is 13.8 Å². The predicted molar refractivity (Wildman–Crippen MR) is 76.8 cm³/mol. The van der Waals surface area contributed by atoms with Crippen LogP contribution in [0.5, 0.6) is 0 Å². The molecule has 0 bridgehead atoms. The second kappa shape index (κ2) is 7.85. The number of hydrogen-bond acceptors (Lipinski definition) is 3. The van der Waals surface area contributed by atoms with Crippen molar-refractivity contribution in [3.8, 4) is 0 Å². The third-order valence-electron chi connectivity index (χ3n) is 2.78. The van der Waals surface area contributed by atoms with Gasteiger partial charge >= 0.3 is 5.97 Å². The van der Waals surface area contributed by atoms with Gasteiger partial charge in [0.15, 0.2) is 0 Å². The monoisotopic (exact) mass is 298 g/mol. The van der Waals surface area contributed by atoms with Gasteiger partial charge in [-0.15, -0.1) is 0 Å². The second-order valence-corrected chi connectivity index (χ2v) is 5.60. The number of carbonyl (C=O) groups excluding carboxylic acids is 1. The first kappa shape index (κ1) is 16.4. The molecule has 0 aromatic carbocycles. The number of carboxylic acid groups (broad SMARTS) is 1. The van der Waals surface area contributed by atoms with E-state index in [1.54, 1.807) is 6.07 Å².